The van der Waals surface area contributed by atoms with E-state index in [0.29, 0.717) is 0 Å². The van der Waals surface area contributed by atoms with Gasteiger partial charge in [0.05, 0.1) is 18.6 Å². The number of methoxy groups -OCH3 is 1. The molecule has 20 heavy (non-hydrogen) atoms. The van der Waals surface area contributed by atoms with E-state index in [-0.39, 0.29) is 11.5 Å². The van der Waals surface area contributed by atoms with Gasteiger partial charge in [0.25, 0.3) is 0 Å². The molecule has 0 N–H and O–H groups in total. The van der Waals surface area contributed by atoms with Gasteiger partial charge in [-0.1, -0.05) is 18.2 Å². The fourth-order valence-corrected chi connectivity index (χ4v) is 3.43. The van der Waals surface area contributed by atoms with Gasteiger partial charge in [0.2, 0.25) is 0 Å². The third-order valence-corrected chi connectivity index (χ3v) is 4.75. The molecule has 0 bridgehead atoms. The van der Waals surface area contributed by atoms with Crippen molar-refractivity contribution >= 4 is 24.1 Å². The van der Waals surface area contributed by atoms with E-state index in [1.54, 1.807) is 13.0 Å². The third kappa shape index (κ3) is 4.35. The molecule has 0 aliphatic heterocycles. The Hall–Kier alpha value is -1.34. The standard InChI is InChI=1S/C11H14O7PS/c1-3-17-19(13)11(10(12)16-2)18-20(14,15)9-7-5-4-6-8-9/h4-8,11H,3H2,1-2H3/q+1. The van der Waals surface area contributed by atoms with Crippen LogP contribution < -0.4 is 0 Å². The Morgan fingerprint density at radius 2 is 1.90 bits per heavy atom. The Labute approximate surface area is 117 Å². The number of esters is 1. The molecule has 2 atom stereocenters. The fourth-order valence-electron chi connectivity index (χ4n) is 1.22. The van der Waals surface area contributed by atoms with E-state index in [1.807, 2.05) is 0 Å². The third-order valence-electron chi connectivity index (χ3n) is 2.10. The summed E-state index contributed by atoms with van der Waals surface area (Å²) in [6, 6.07) is 7.18. The fraction of sp³-hybridized carbons (Fsp3) is 0.364. The van der Waals surface area contributed by atoms with Crippen molar-refractivity contribution in [3.63, 3.8) is 0 Å². The summed E-state index contributed by atoms with van der Waals surface area (Å²) in [7, 11) is -5.88. The lowest BCUT2D eigenvalue weighted by Crippen LogP contribution is -2.26. The van der Waals surface area contributed by atoms with Gasteiger partial charge in [-0.2, -0.15) is 8.42 Å². The zero-order valence-electron chi connectivity index (χ0n) is 10.9. The highest BCUT2D eigenvalue weighted by Crippen LogP contribution is 2.33. The van der Waals surface area contributed by atoms with Crippen molar-refractivity contribution in [2.45, 2.75) is 17.7 Å². The Bertz CT molecular complexity index is 570. The van der Waals surface area contributed by atoms with Gasteiger partial charge in [-0.15, -0.1) is 4.52 Å². The highest BCUT2D eigenvalue weighted by Gasteiger charge is 2.46. The maximum absolute atomic E-state index is 12.0. The predicted octanol–water partition coefficient (Wildman–Crippen LogP) is 1.67. The minimum absolute atomic E-state index is 0.0391. The van der Waals surface area contributed by atoms with Crippen LogP contribution in [0.2, 0.25) is 0 Å². The summed E-state index contributed by atoms with van der Waals surface area (Å²) < 4.78 is 49.4. The summed E-state index contributed by atoms with van der Waals surface area (Å²) in [5.41, 5.74) is 0. The Kier molecular flexibility index (Phi) is 6.22. The van der Waals surface area contributed by atoms with Crippen LogP contribution in [0.25, 0.3) is 0 Å². The number of benzene rings is 1. The highest BCUT2D eigenvalue weighted by molar-refractivity contribution is 7.87. The molecule has 0 aliphatic rings. The van der Waals surface area contributed by atoms with Gasteiger partial charge in [0.15, 0.2) is 0 Å². The minimum atomic E-state index is -4.24. The second-order valence-electron chi connectivity index (χ2n) is 3.44. The zero-order chi connectivity index (χ0) is 15.2. The zero-order valence-corrected chi connectivity index (χ0v) is 12.6. The first-order chi connectivity index (χ1) is 9.42. The summed E-state index contributed by atoms with van der Waals surface area (Å²) in [6.45, 7) is 1.59. The molecule has 0 saturated heterocycles. The quantitative estimate of drug-likeness (QED) is 0.428. The van der Waals surface area contributed by atoms with Crippen molar-refractivity contribution in [2.24, 2.45) is 0 Å². The van der Waals surface area contributed by atoms with Crippen LogP contribution in [0.5, 0.6) is 0 Å². The molecule has 110 valence electrons. The summed E-state index contributed by atoms with van der Waals surface area (Å²) in [5.74, 6) is -2.92. The van der Waals surface area contributed by atoms with Crippen LogP contribution in [0.15, 0.2) is 35.2 Å². The predicted molar refractivity (Wildman–Crippen MR) is 69.7 cm³/mol. The van der Waals surface area contributed by atoms with Crippen molar-refractivity contribution in [2.75, 3.05) is 13.7 Å². The van der Waals surface area contributed by atoms with Crippen molar-refractivity contribution in [1.82, 2.24) is 0 Å². The monoisotopic (exact) mass is 321 g/mol. The van der Waals surface area contributed by atoms with Gasteiger partial charge < -0.3 is 4.74 Å². The van der Waals surface area contributed by atoms with Crippen LogP contribution in [0.4, 0.5) is 0 Å². The molecule has 1 aromatic carbocycles. The van der Waals surface area contributed by atoms with Crippen molar-refractivity contribution in [3.05, 3.63) is 30.3 Å². The van der Waals surface area contributed by atoms with Crippen LogP contribution in [0, 0.1) is 0 Å². The topological polar surface area (TPSA) is 96.0 Å². The molecular formula is C11H14O7PS+. The largest absolute Gasteiger partial charge is 0.554 e. The number of hydrogen-bond acceptors (Lipinski definition) is 7. The van der Waals surface area contributed by atoms with Gasteiger partial charge in [0, 0.05) is 0 Å². The molecular weight excluding hydrogens is 307 g/mol. The van der Waals surface area contributed by atoms with Crippen LogP contribution in [0.1, 0.15) is 6.92 Å². The molecule has 0 heterocycles. The molecule has 0 spiro atoms. The van der Waals surface area contributed by atoms with Crippen LogP contribution >= 0.6 is 8.03 Å². The minimum Gasteiger partial charge on any atom is -0.464 e. The number of ether oxygens (including phenoxy) is 1. The van der Waals surface area contributed by atoms with Crippen LogP contribution in [-0.2, 0) is 32.9 Å². The maximum atomic E-state index is 12.0. The van der Waals surface area contributed by atoms with Crippen molar-refractivity contribution in [1.29, 1.82) is 0 Å². The van der Waals surface area contributed by atoms with E-state index in [1.165, 1.54) is 24.3 Å². The molecule has 1 aromatic rings. The number of carbonyl (C=O) groups is 1. The van der Waals surface area contributed by atoms with Gasteiger partial charge in [-0.05, 0) is 23.6 Å². The van der Waals surface area contributed by atoms with Crippen LogP contribution in [0.3, 0.4) is 0 Å². The first-order valence-corrected chi connectivity index (χ1v) is 8.23. The second-order valence-corrected chi connectivity index (χ2v) is 6.31. The SMILES string of the molecule is CCO[P+](=O)C(OS(=O)(=O)c1ccccc1)C(=O)OC. The lowest BCUT2D eigenvalue weighted by atomic mass is 10.4. The van der Waals surface area contributed by atoms with E-state index in [4.69, 9.17) is 4.52 Å². The summed E-state index contributed by atoms with van der Waals surface area (Å²) in [6.07, 6.45) is 0. The average molecular weight is 321 g/mol. The van der Waals surface area contributed by atoms with Gasteiger partial charge >= 0.3 is 30.0 Å². The van der Waals surface area contributed by atoms with Crippen molar-refractivity contribution < 1.29 is 31.2 Å². The van der Waals surface area contributed by atoms with Crippen LogP contribution in [-0.4, -0.2) is 33.9 Å². The first kappa shape index (κ1) is 16.7. The lowest BCUT2D eigenvalue weighted by molar-refractivity contribution is -0.145. The molecule has 7 nitrogen and oxygen atoms in total. The molecule has 0 fully saturated rings. The number of carbonyl (C=O) groups excluding carboxylic acids is 1. The van der Waals surface area contributed by atoms with E-state index < -0.39 is 30.0 Å². The smallest absolute Gasteiger partial charge is 0.464 e. The first-order valence-electron chi connectivity index (χ1n) is 5.57. The van der Waals surface area contributed by atoms with Gasteiger partial charge in [-0.25, -0.2) is 8.98 Å². The summed E-state index contributed by atoms with van der Waals surface area (Å²) in [4.78, 5) is 11.3. The second kappa shape index (κ2) is 7.44. The van der Waals surface area contributed by atoms with E-state index in [0.717, 1.165) is 7.11 Å². The molecule has 0 amide bonds. The van der Waals surface area contributed by atoms with Crippen molar-refractivity contribution in [3.8, 4) is 0 Å². The molecule has 9 heteroatoms. The summed E-state index contributed by atoms with van der Waals surface area (Å²) >= 11 is 0. The summed E-state index contributed by atoms with van der Waals surface area (Å²) in [5, 5.41) is 0. The molecule has 0 radical (unpaired) electrons. The van der Waals surface area contributed by atoms with E-state index in [2.05, 4.69) is 8.92 Å². The number of rotatable bonds is 7. The molecule has 2 unspecified atom stereocenters. The van der Waals surface area contributed by atoms with Gasteiger partial charge in [-0.3, -0.25) is 0 Å². The molecule has 0 aliphatic carbocycles. The Morgan fingerprint density at radius 1 is 1.30 bits per heavy atom. The number of hydrogen-bond donors (Lipinski definition) is 0. The molecule has 0 aromatic heterocycles. The van der Waals surface area contributed by atoms with E-state index >= 15 is 0 Å². The molecule has 0 saturated carbocycles. The average Bonchev–Trinajstić information content (AvgIpc) is 2.45. The van der Waals surface area contributed by atoms with Gasteiger partial charge in [0.1, 0.15) is 0 Å². The lowest BCUT2D eigenvalue weighted by Gasteiger charge is -2.07. The molecule has 1 rings (SSSR count). The highest BCUT2D eigenvalue weighted by atomic mass is 32.2. The Morgan fingerprint density at radius 3 is 2.40 bits per heavy atom. The Balaban J connectivity index is 3.01. The van der Waals surface area contributed by atoms with E-state index in [9.17, 15) is 17.8 Å². The normalized spacial score (nSPS) is 13.6. The maximum Gasteiger partial charge on any atom is 0.554 e.